The maximum Gasteiger partial charge on any atom is 0.168 e. The number of nitrogens with zero attached hydrogens (tertiary/aromatic N) is 1. The van der Waals surface area contributed by atoms with Crippen LogP contribution in [0, 0.1) is 0 Å². The number of hydrogen-bond acceptors (Lipinski definition) is 3. The Labute approximate surface area is 135 Å². The Balaban J connectivity index is 1.92. The van der Waals surface area contributed by atoms with Crippen molar-refractivity contribution in [2.24, 2.45) is 4.99 Å². The molecule has 0 unspecified atom stereocenters. The van der Waals surface area contributed by atoms with Gasteiger partial charge in [0.1, 0.15) is 0 Å². The Morgan fingerprint density at radius 3 is 2.41 bits per heavy atom. The van der Waals surface area contributed by atoms with Crippen molar-refractivity contribution in [3.63, 3.8) is 0 Å². The first-order valence-electron chi connectivity index (χ1n) is 7.08. The first-order valence-corrected chi connectivity index (χ1v) is 7.46. The van der Waals surface area contributed by atoms with Gasteiger partial charge in [0.2, 0.25) is 0 Å². The summed E-state index contributed by atoms with van der Waals surface area (Å²) in [4.78, 5) is 16.4. The molecule has 0 heterocycles. The molecular formula is C18H18ClNO2. The van der Waals surface area contributed by atoms with Gasteiger partial charge < -0.3 is 5.11 Å². The number of hydrogen-bond donors (Lipinski definition) is 1. The second-order valence-electron chi connectivity index (χ2n) is 5.11. The van der Waals surface area contributed by atoms with Gasteiger partial charge in [0.05, 0.1) is 12.6 Å². The van der Waals surface area contributed by atoms with Crippen LogP contribution in [0.25, 0.3) is 0 Å². The molecule has 0 aliphatic rings. The van der Waals surface area contributed by atoms with Gasteiger partial charge in [0.25, 0.3) is 0 Å². The van der Waals surface area contributed by atoms with Crippen LogP contribution in [-0.4, -0.2) is 23.1 Å². The van der Waals surface area contributed by atoms with E-state index in [9.17, 15) is 9.90 Å². The summed E-state index contributed by atoms with van der Waals surface area (Å²) in [5.74, 6) is -0.00730. The van der Waals surface area contributed by atoms with Crippen molar-refractivity contribution in [3.8, 4) is 0 Å². The largest absolute Gasteiger partial charge is 0.386 e. The summed E-state index contributed by atoms with van der Waals surface area (Å²) in [6.07, 6.45) is -0.412. The van der Waals surface area contributed by atoms with Gasteiger partial charge in [-0.1, -0.05) is 41.9 Å². The number of benzene rings is 2. The van der Waals surface area contributed by atoms with Gasteiger partial charge in [-0.25, -0.2) is 0 Å². The molecule has 4 heteroatoms. The Hall–Kier alpha value is -1.97. The quantitative estimate of drug-likeness (QED) is 0.644. The van der Waals surface area contributed by atoms with E-state index in [1.54, 1.807) is 31.2 Å². The second kappa shape index (κ2) is 7.87. The molecule has 2 aromatic rings. The molecule has 0 fully saturated rings. The summed E-state index contributed by atoms with van der Waals surface area (Å²) >= 11 is 5.80. The Bertz CT molecular complexity index is 651. The van der Waals surface area contributed by atoms with E-state index < -0.39 is 6.10 Å². The summed E-state index contributed by atoms with van der Waals surface area (Å²) in [6, 6.07) is 16.2. The molecule has 2 rings (SSSR count). The molecule has 114 valence electrons. The Kier molecular flexibility index (Phi) is 5.87. The van der Waals surface area contributed by atoms with E-state index in [1.165, 1.54) is 0 Å². The average molecular weight is 316 g/mol. The van der Waals surface area contributed by atoms with E-state index in [2.05, 4.69) is 4.99 Å². The number of aliphatic hydroxyl groups excluding tert-OH is 1. The molecule has 0 saturated heterocycles. The predicted octanol–water partition coefficient (Wildman–Crippen LogP) is 4.11. The molecule has 0 amide bonds. The highest BCUT2D eigenvalue weighted by Crippen LogP contribution is 2.14. The van der Waals surface area contributed by atoms with E-state index in [-0.39, 0.29) is 18.7 Å². The lowest BCUT2D eigenvalue weighted by Gasteiger charge is -2.08. The highest BCUT2D eigenvalue weighted by atomic mass is 35.5. The molecule has 0 radical (unpaired) electrons. The van der Waals surface area contributed by atoms with Crippen LogP contribution in [0.3, 0.4) is 0 Å². The molecular weight excluding hydrogens is 298 g/mol. The number of carbonyl (C=O) groups is 1. The maximum atomic E-state index is 12.1. The van der Waals surface area contributed by atoms with Gasteiger partial charge in [0, 0.05) is 22.7 Å². The number of Topliss-reactive ketones (excluding diaryl/α,β-unsaturated/α-hetero) is 1. The molecule has 0 aromatic heterocycles. The summed E-state index contributed by atoms with van der Waals surface area (Å²) in [7, 11) is 0. The maximum absolute atomic E-state index is 12.1. The van der Waals surface area contributed by atoms with Crippen LogP contribution in [0.1, 0.15) is 35.4 Å². The zero-order valence-electron chi connectivity index (χ0n) is 12.4. The minimum atomic E-state index is -0.651. The first kappa shape index (κ1) is 16.4. The molecule has 2 aromatic carbocycles. The highest BCUT2D eigenvalue weighted by molar-refractivity contribution is 6.30. The van der Waals surface area contributed by atoms with Crippen molar-refractivity contribution in [3.05, 3.63) is 70.7 Å². The molecule has 1 N–H and O–H groups in total. The molecule has 0 saturated carbocycles. The van der Waals surface area contributed by atoms with Crippen LogP contribution in [0.5, 0.6) is 0 Å². The fourth-order valence-corrected chi connectivity index (χ4v) is 2.17. The van der Waals surface area contributed by atoms with Crippen molar-refractivity contribution in [1.82, 2.24) is 0 Å². The number of halogens is 1. The standard InChI is InChI=1S/C18H18ClNO2/c1-13(11-17(21)15-7-9-16(19)10-8-15)20-12-18(22)14-5-3-2-4-6-14/h2-10,18,22H,11-12H2,1H3/t18-/m0/s1. The molecule has 22 heavy (non-hydrogen) atoms. The van der Waals surface area contributed by atoms with Crippen molar-refractivity contribution < 1.29 is 9.90 Å². The SMILES string of the molecule is CC(CC(=O)c1ccc(Cl)cc1)=NC[C@H](O)c1ccccc1. The van der Waals surface area contributed by atoms with Gasteiger partial charge in [-0.05, 0) is 36.8 Å². The van der Waals surface area contributed by atoms with Crippen molar-refractivity contribution in [1.29, 1.82) is 0 Å². The fraction of sp³-hybridized carbons (Fsp3) is 0.222. The monoisotopic (exact) mass is 315 g/mol. The summed E-state index contributed by atoms with van der Waals surface area (Å²) in [5, 5.41) is 10.6. The van der Waals surface area contributed by atoms with E-state index in [1.807, 2.05) is 30.3 Å². The smallest absolute Gasteiger partial charge is 0.168 e. The first-order chi connectivity index (χ1) is 10.6. The molecule has 0 bridgehead atoms. The van der Waals surface area contributed by atoms with Crippen LogP contribution in [0.2, 0.25) is 5.02 Å². The summed E-state index contributed by atoms with van der Waals surface area (Å²) < 4.78 is 0. The van der Waals surface area contributed by atoms with Gasteiger partial charge >= 0.3 is 0 Å². The van der Waals surface area contributed by atoms with Crippen LogP contribution in [0.4, 0.5) is 0 Å². The van der Waals surface area contributed by atoms with Gasteiger partial charge in [-0.15, -0.1) is 0 Å². The van der Waals surface area contributed by atoms with E-state index in [0.717, 1.165) is 5.56 Å². The van der Waals surface area contributed by atoms with E-state index in [0.29, 0.717) is 16.3 Å². The second-order valence-corrected chi connectivity index (χ2v) is 5.55. The Morgan fingerprint density at radius 1 is 1.14 bits per heavy atom. The molecule has 0 spiro atoms. The number of ketones is 1. The average Bonchev–Trinajstić information content (AvgIpc) is 2.54. The van der Waals surface area contributed by atoms with Crippen LogP contribution in [-0.2, 0) is 0 Å². The number of aliphatic hydroxyl groups is 1. The van der Waals surface area contributed by atoms with E-state index >= 15 is 0 Å². The topological polar surface area (TPSA) is 49.7 Å². The van der Waals surface area contributed by atoms with Gasteiger partial charge in [0.15, 0.2) is 5.78 Å². The Morgan fingerprint density at radius 2 is 1.77 bits per heavy atom. The number of rotatable bonds is 6. The van der Waals surface area contributed by atoms with Crippen LogP contribution >= 0.6 is 11.6 Å². The zero-order chi connectivity index (χ0) is 15.9. The molecule has 0 aliphatic carbocycles. The van der Waals surface area contributed by atoms with Crippen LogP contribution in [0.15, 0.2) is 59.6 Å². The van der Waals surface area contributed by atoms with Gasteiger partial charge in [-0.2, -0.15) is 0 Å². The predicted molar refractivity (Wildman–Crippen MR) is 89.8 cm³/mol. The van der Waals surface area contributed by atoms with Crippen molar-refractivity contribution in [2.45, 2.75) is 19.4 Å². The minimum absolute atomic E-state index is 0.00730. The van der Waals surface area contributed by atoms with Crippen molar-refractivity contribution >= 4 is 23.1 Å². The van der Waals surface area contributed by atoms with Crippen molar-refractivity contribution in [2.75, 3.05) is 6.54 Å². The highest BCUT2D eigenvalue weighted by Gasteiger charge is 2.09. The zero-order valence-corrected chi connectivity index (χ0v) is 13.1. The normalized spacial score (nSPS) is 13.0. The minimum Gasteiger partial charge on any atom is -0.386 e. The lowest BCUT2D eigenvalue weighted by atomic mass is 10.1. The van der Waals surface area contributed by atoms with Crippen LogP contribution < -0.4 is 0 Å². The lowest BCUT2D eigenvalue weighted by Crippen LogP contribution is -2.08. The molecule has 1 atom stereocenters. The third kappa shape index (κ3) is 4.79. The third-order valence-corrected chi connectivity index (χ3v) is 3.55. The summed E-state index contributed by atoms with van der Waals surface area (Å²) in [6.45, 7) is 2.05. The van der Waals surface area contributed by atoms with Gasteiger partial charge in [-0.3, -0.25) is 9.79 Å². The fourth-order valence-electron chi connectivity index (χ4n) is 2.05. The summed E-state index contributed by atoms with van der Waals surface area (Å²) in [5.41, 5.74) is 2.14. The lowest BCUT2D eigenvalue weighted by molar-refractivity contribution is 0.1000. The third-order valence-electron chi connectivity index (χ3n) is 3.30. The molecule has 3 nitrogen and oxygen atoms in total. The van der Waals surface area contributed by atoms with E-state index in [4.69, 9.17) is 11.6 Å². The number of aliphatic imine (C=N–C) groups is 1. The number of carbonyl (C=O) groups excluding carboxylic acids is 1. The molecule has 0 aliphatic heterocycles.